The van der Waals surface area contributed by atoms with Gasteiger partial charge in [-0.05, 0) is 45.3 Å². The van der Waals surface area contributed by atoms with Gasteiger partial charge in [0.15, 0.2) is 0 Å². The lowest BCUT2D eigenvalue weighted by atomic mass is 10.1. The van der Waals surface area contributed by atoms with Gasteiger partial charge >= 0.3 is 5.97 Å². The maximum absolute atomic E-state index is 11.5. The van der Waals surface area contributed by atoms with E-state index in [4.69, 9.17) is 5.73 Å². The molecule has 0 aromatic rings. The van der Waals surface area contributed by atoms with Crippen molar-refractivity contribution in [1.82, 2.24) is 4.90 Å². The summed E-state index contributed by atoms with van der Waals surface area (Å²) in [4.78, 5) is 13.7. The van der Waals surface area contributed by atoms with Gasteiger partial charge in [-0.2, -0.15) is 0 Å². The van der Waals surface area contributed by atoms with Crippen molar-refractivity contribution >= 4 is 5.97 Å². The molecule has 0 aliphatic carbocycles. The van der Waals surface area contributed by atoms with Crippen molar-refractivity contribution in [3.63, 3.8) is 0 Å². The molecule has 0 unspecified atom stereocenters. The highest BCUT2D eigenvalue weighted by molar-refractivity contribution is 5.73. The van der Waals surface area contributed by atoms with Crippen LogP contribution in [-0.4, -0.2) is 41.7 Å². The van der Waals surface area contributed by atoms with Crippen LogP contribution in [0.4, 0.5) is 0 Å². The lowest BCUT2D eigenvalue weighted by Gasteiger charge is -2.29. The van der Waals surface area contributed by atoms with Crippen LogP contribution < -0.4 is 5.73 Å². The summed E-state index contributed by atoms with van der Waals surface area (Å²) in [5.41, 5.74) is 5.50. The van der Waals surface area contributed by atoms with Crippen molar-refractivity contribution < 1.29 is 9.90 Å². The molecule has 1 atom stereocenters. The normalized spacial score (nSPS) is 12.8. The Bertz CT molecular complexity index is 225. The first-order valence-electron chi connectivity index (χ1n) is 8.34. The molecule has 0 aliphatic rings. The van der Waals surface area contributed by atoms with E-state index in [2.05, 4.69) is 18.7 Å². The molecule has 0 bridgehead atoms. The number of hydrogen-bond donors (Lipinski definition) is 2. The van der Waals surface area contributed by atoms with Crippen LogP contribution in [0.25, 0.3) is 0 Å². The van der Waals surface area contributed by atoms with Gasteiger partial charge in [0.25, 0.3) is 0 Å². The van der Waals surface area contributed by atoms with Crippen LogP contribution in [0.3, 0.4) is 0 Å². The van der Waals surface area contributed by atoms with Crippen LogP contribution in [0.1, 0.15) is 71.6 Å². The summed E-state index contributed by atoms with van der Waals surface area (Å²) in [6.45, 7) is 6.83. The number of carboxylic acid groups (broad SMARTS) is 1. The van der Waals surface area contributed by atoms with Gasteiger partial charge in [0, 0.05) is 0 Å². The molecule has 20 heavy (non-hydrogen) atoms. The van der Waals surface area contributed by atoms with E-state index in [0.29, 0.717) is 6.54 Å². The van der Waals surface area contributed by atoms with E-state index in [1.165, 1.54) is 25.7 Å². The third-order valence-electron chi connectivity index (χ3n) is 3.76. The highest BCUT2D eigenvalue weighted by Crippen LogP contribution is 2.13. The van der Waals surface area contributed by atoms with E-state index in [-0.39, 0.29) is 6.04 Å². The Morgan fingerprint density at radius 3 is 1.95 bits per heavy atom. The number of nitrogens with two attached hydrogens (primary N) is 1. The van der Waals surface area contributed by atoms with E-state index >= 15 is 0 Å². The Morgan fingerprint density at radius 2 is 1.55 bits per heavy atom. The van der Waals surface area contributed by atoms with Crippen molar-refractivity contribution in [1.29, 1.82) is 0 Å². The second-order valence-electron chi connectivity index (χ2n) is 5.59. The number of unbranched alkanes of at least 4 members (excludes halogenated alkanes) is 5. The fraction of sp³-hybridized carbons (Fsp3) is 0.938. The van der Waals surface area contributed by atoms with E-state index in [1.807, 2.05) is 0 Å². The molecule has 0 rings (SSSR count). The van der Waals surface area contributed by atoms with Gasteiger partial charge in [-0.1, -0.05) is 46.0 Å². The van der Waals surface area contributed by atoms with Gasteiger partial charge in [-0.15, -0.1) is 0 Å². The van der Waals surface area contributed by atoms with E-state index in [1.54, 1.807) is 0 Å². The molecule has 0 aromatic heterocycles. The Balaban J connectivity index is 4.40. The summed E-state index contributed by atoms with van der Waals surface area (Å²) in [5.74, 6) is -0.671. The fourth-order valence-corrected chi connectivity index (χ4v) is 2.50. The maximum atomic E-state index is 11.5. The molecule has 0 saturated carbocycles. The monoisotopic (exact) mass is 286 g/mol. The molecule has 4 heteroatoms. The number of aliphatic carboxylic acids is 1. The van der Waals surface area contributed by atoms with Crippen LogP contribution in [0.15, 0.2) is 0 Å². The molecule has 4 nitrogen and oxygen atoms in total. The Hall–Kier alpha value is -0.610. The second kappa shape index (κ2) is 13.4. The first-order valence-corrected chi connectivity index (χ1v) is 8.34. The van der Waals surface area contributed by atoms with Crippen molar-refractivity contribution in [2.45, 2.75) is 77.7 Å². The van der Waals surface area contributed by atoms with Crippen molar-refractivity contribution in [3.05, 3.63) is 0 Å². The summed E-state index contributed by atoms with van der Waals surface area (Å²) in [6, 6.07) is -0.324. The molecule has 120 valence electrons. The second-order valence-corrected chi connectivity index (χ2v) is 5.59. The van der Waals surface area contributed by atoms with Crippen molar-refractivity contribution in [3.8, 4) is 0 Å². The summed E-state index contributed by atoms with van der Waals surface area (Å²) < 4.78 is 0. The standard InChI is InChI=1S/C16H34N2O2/c1-3-5-9-13-18(14-10-6-4-2)15(16(19)20)11-7-8-12-17/h15H,3-14,17H2,1-2H3,(H,19,20)/t15-/m0/s1. The topological polar surface area (TPSA) is 66.6 Å². The zero-order chi connectivity index (χ0) is 15.2. The predicted octanol–water partition coefficient (Wildman–Crippen LogP) is 3.25. The molecule has 0 heterocycles. The molecular weight excluding hydrogens is 252 g/mol. The average molecular weight is 286 g/mol. The molecular formula is C16H34N2O2. The van der Waals surface area contributed by atoms with Gasteiger partial charge < -0.3 is 10.8 Å². The van der Waals surface area contributed by atoms with Crippen LogP contribution in [0.2, 0.25) is 0 Å². The van der Waals surface area contributed by atoms with Crippen LogP contribution >= 0.6 is 0 Å². The SMILES string of the molecule is CCCCCN(CCCCC)[C@@H](CCCCN)C(=O)O. The van der Waals surface area contributed by atoms with E-state index in [9.17, 15) is 9.90 Å². The molecule has 3 N–H and O–H groups in total. The van der Waals surface area contributed by atoms with Crippen molar-refractivity contribution in [2.24, 2.45) is 5.73 Å². The van der Waals surface area contributed by atoms with Crippen LogP contribution in [-0.2, 0) is 4.79 Å². The molecule has 0 fully saturated rings. The van der Waals surface area contributed by atoms with Gasteiger partial charge in [-0.3, -0.25) is 9.69 Å². The zero-order valence-corrected chi connectivity index (χ0v) is 13.4. The lowest BCUT2D eigenvalue weighted by Crippen LogP contribution is -2.42. The molecule has 0 saturated heterocycles. The summed E-state index contributed by atoms with van der Waals surface area (Å²) in [7, 11) is 0. The average Bonchev–Trinajstić information content (AvgIpc) is 2.42. The van der Waals surface area contributed by atoms with Gasteiger partial charge in [-0.25, -0.2) is 0 Å². The fourth-order valence-electron chi connectivity index (χ4n) is 2.50. The van der Waals surface area contributed by atoms with Gasteiger partial charge in [0.2, 0.25) is 0 Å². The quantitative estimate of drug-likeness (QED) is 0.481. The molecule has 0 aromatic carbocycles. The number of carboxylic acids is 1. The number of nitrogens with zero attached hydrogens (tertiary/aromatic N) is 1. The first-order chi connectivity index (χ1) is 9.67. The summed E-state index contributed by atoms with van der Waals surface area (Å²) in [5, 5.41) is 9.48. The third kappa shape index (κ3) is 9.32. The molecule has 0 radical (unpaired) electrons. The molecule has 0 spiro atoms. The van der Waals surface area contributed by atoms with Crippen molar-refractivity contribution in [2.75, 3.05) is 19.6 Å². The van der Waals surface area contributed by atoms with Crippen LogP contribution in [0.5, 0.6) is 0 Å². The van der Waals surface area contributed by atoms with Gasteiger partial charge in [0.05, 0.1) is 0 Å². The number of rotatable bonds is 14. The van der Waals surface area contributed by atoms with Gasteiger partial charge in [0.1, 0.15) is 6.04 Å². The number of hydrogen-bond acceptors (Lipinski definition) is 3. The minimum absolute atomic E-state index is 0.324. The predicted molar refractivity (Wildman–Crippen MR) is 85.0 cm³/mol. The Kier molecular flexibility index (Phi) is 13.0. The summed E-state index contributed by atoms with van der Waals surface area (Å²) >= 11 is 0. The zero-order valence-electron chi connectivity index (χ0n) is 13.4. The largest absolute Gasteiger partial charge is 0.480 e. The third-order valence-corrected chi connectivity index (χ3v) is 3.76. The molecule has 0 amide bonds. The first kappa shape index (κ1) is 19.4. The Labute approximate surface area is 124 Å². The van der Waals surface area contributed by atoms with Crippen LogP contribution in [0, 0.1) is 0 Å². The lowest BCUT2D eigenvalue weighted by molar-refractivity contribution is -0.143. The highest BCUT2D eigenvalue weighted by Gasteiger charge is 2.24. The number of carbonyl (C=O) groups is 1. The van der Waals surface area contributed by atoms with E-state index in [0.717, 1.165) is 45.2 Å². The smallest absolute Gasteiger partial charge is 0.320 e. The highest BCUT2D eigenvalue weighted by atomic mass is 16.4. The minimum atomic E-state index is -0.671. The van der Waals surface area contributed by atoms with E-state index < -0.39 is 5.97 Å². The maximum Gasteiger partial charge on any atom is 0.320 e. The Morgan fingerprint density at radius 1 is 1.00 bits per heavy atom. The minimum Gasteiger partial charge on any atom is -0.480 e. The molecule has 0 aliphatic heterocycles. The summed E-state index contributed by atoms with van der Waals surface area (Å²) in [6.07, 6.45) is 9.46.